The molecule has 0 saturated heterocycles. The second-order valence-corrected chi connectivity index (χ2v) is 10.6. The van der Waals surface area contributed by atoms with E-state index < -0.39 is 9.71 Å². The summed E-state index contributed by atoms with van der Waals surface area (Å²) in [5.41, 5.74) is 10.7. The fourth-order valence-corrected chi connectivity index (χ4v) is 4.98. The summed E-state index contributed by atoms with van der Waals surface area (Å²) in [6.45, 7) is 5.16. The molecule has 148 valence electrons. The first-order valence-electron chi connectivity index (χ1n) is 9.46. The monoisotopic (exact) mass is 400 g/mol. The maximum absolute atomic E-state index is 13.0. The fraction of sp³-hybridized carbons (Fsp3) is 0.474. The Labute approximate surface area is 163 Å². The Kier molecular flexibility index (Phi) is 3.67. The van der Waals surface area contributed by atoms with Crippen molar-refractivity contribution in [3.63, 3.8) is 0 Å². The zero-order chi connectivity index (χ0) is 19.8. The van der Waals surface area contributed by atoms with Crippen LogP contribution in [0.1, 0.15) is 55.7 Å². The largest absolute Gasteiger partial charge is 0.383 e. The van der Waals surface area contributed by atoms with Crippen molar-refractivity contribution >= 4 is 32.4 Å². The SMILES string of the molecule is C=S(C)(=O)N1Cc2c(noc2C2CC2)-c2c(n(C(C)C)c3ncnc(N)c23)C1. The van der Waals surface area contributed by atoms with Crippen LogP contribution in [0.25, 0.3) is 22.3 Å². The van der Waals surface area contributed by atoms with E-state index in [-0.39, 0.29) is 6.04 Å². The van der Waals surface area contributed by atoms with Crippen molar-refractivity contribution in [2.24, 2.45) is 0 Å². The summed E-state index contributed by atoms with van der Waals surface area (Å²) in [6.07, 6.45) is 5.36. The lowest BCUT2D eigenvalue weighted by atomic mass is 10.0. The van der Waals surface area contributed by atoms with Crippen molar-refractivity contribution < 1.29 is 8.73 Å². The van der Waals surface area contributed by atoms with Crippen LogP contribution in [0.4, 0.5) is 5.82 Å². The van der Waals surface area contributed by atoms with Gasteiger partial charge in [0.2, 0.25) is 0 Å². The standard InChI is InChI=1S/C19H24N6O2S/c1-10(2)25-13-8-24(28(3,4)26)7-12-16(23-27-17(12)11-5-6-11)14(13)15-18(20)21-9-22-19(15)25/h9-11H,3,5-8H2,1-2,4H3,(H2,20,21,22). The van der Waals surface area contributed by atoms with E-state index in [0.29, 0.717) is 24.8 Å². The number of hydrogen-bond acceptors (Lipinski definition) is 6. The molecule has 1 aliphatic heterocycles. The van der Waals surface area contributed by atoms with Crippen LogP contribution in [0, 0.1) is 0 Å². The van der Waals surface area contributed by atoms with Gasteiger partial charge in [-0.2, -0.15) is 0 Å². The number of fused-ring (bicyclic) bond motifs is 5. The summed E-state index contributed by atoms with van der Waals surface area (Å²) in [5, 5.41) is 5.25. The lowest BCUT2D eigenvalue weighted by molar-refractivity contribution is 0.373. The first-order valence-corrected chi connectivity index (χ1v) is 11.6. The van der Waals surface area contributed by atoms with E-state index in [1.165, 1.54) is 6.33 Å². The van der Waals surface area contributed by atoms with Gasteiger partial charge in [-0.1, -0.05) is 5.16 Å². The summed E-state index contributed by atoms with van der Waals surface area (Å²) >= 11 is 0. The van der Waals surface area contributed by atoms with Gasteiger partial charge in [0, 0.05) is 51.3 Å². The van der Waals surface area contributed by atoms with Crippen molar-refractivity contribution in [2.75, 3.05) is 12.0 Å². The third-order valence-corrected chi connectivity index (χ3v) is 6.99. The van der Waals surface area contributed by atoms with Crippen LogP contribution in [-0.4, -0.2) is 40.3 Å². The molecule has 2 N–H and O–H groups in total. The van der Waals surface area contributed by atoms with Gasteiger partial charge in [-0.15, -0.1) is 0 Å². The molecule has 5 rings (SSSR count). The first kappa shape index (κ1) is 17.7. The van der Waals surface area contributed by atoms with Gasteiger partial charge in [0.25, 0.3) is 0 Å². The maximum atomic E-state index is 13.0. The van der Waals surface area contributed by atoms with Gasteiger partial charge >= 0.3 is 0 Å². The van der Waals surface area contributed by atoms with E-state index >= 15 is 0 Å². The molecule has 28 heavy (non-hydrogen) atoms. The van der Waals surface area contributed by atoms with Crippen LogP contribution in [0.5, 0.6) is 0 Å². The van der Waals surface area contributed by atoms with E-state index in [4.69, 9.17) is 10.3 Å². The van der Waals surface area contributed by atoms with Gasteiger partial charge in [0.15, 0.2) is 0 Å². The molecule has 1 saturated carbocycles. The van der Waals surface area contributed by atoms with Crippen LogP contribution in [0.2, 0.25) is 0 Å². The Bertz CT molecular complexity index is 1200. The predicted octanol–water partition coefficient (Wildman–Crippen LogP) is 2.70. The average Bonchev–Trinajstić information content (AvgIpc) is 3.32. The molecule has 3 aromatic rings. The van der Waals surface area contributed by atoms with Crippen LogP contribution in [0.15, 0.2) is 10.9 Å². The minimum atomic E-state index is -2.44. The fourth-order valence-electron chi connectivity index (χ4n) is 4.18. The molecule has 9 heteroatoms. The minimum absolute atomic E-state index is 0.136. The summed E-state index contributed by atoms with van der Waals surface area (Å²) in [7, 11) is -2.44. The van der Waals surface area contributed by atoms with Crippen LogP contribution in [0.3, 0.4) is 0 Å². The molecule has 1 aliphatic carbocycles. The number of aromatic nitrogens is 4. The molecule has 0 aromatic carbocycles. The van der Waals surface area contributed by atoms with Crippen molar-refractivity contribution in [3.8, 4) is 11.3 Å². The second kappa shape index (κ2) is 5.81. The zero-order valence-electron chi connectivity index (χ0n) is 16.3. The average molecular weight is 401 g/mol. The molecule has 8 nitrogen and oxygen atoms in total. The molecule has 1 atom stereocenters. The molecule has 0 radical (unpaired) electrons. The third kappa shape index (κ3) is 2.49. The second-order valence-electron chi connectivity index (χ2n) is 8.15. The highest BCUT2D eigenvalue weighted by Crippen LogP contribution is 2.48. The first-order chi connectivity index (χ1) is 13.3. The summed E-state index contributed by atoms with van der Waals surface area (Å²) in [4.78, 5) is 8.75. The number of nitrogens with zero attached hydrogens (tertiary/aromatic N) is 5. The molecule has 0 bridgehead atoms. The number of nitrogen functional groups attached to an aromatic ring is 1. The third-order valence-electron chi connectivity index (χ3n) is 5.64. The Hall–Kier alpha value is -2.39. The number of rotatable bonds is 3. The van der Waals surface area contributed by atoms with E-state index in [1.807, 2.05) is 4.31 Å². The molecule has 4 heterocycles. The maximum Gasteiger partial charge on any atom is 0.146 e. The molecule has 1 fully saturated rings. The molecule has 1 unspecified atom stereocenters. The molecule has 0 amide bonds. The molecular formula is C19H24N6O2S. The highest BCUT2D eigenvalue weighted by molar-refractivity contribution is 7.97. The van der Waals surface area contributed by atoms with Gasteiger partial charge in [-0.25, -0.2) is 14.3 Å². The van der Waals surface area contributed by atoms with Crippen molar-refractivity contribution in [1.29, 1.82) is 0 Å². The molecule has 3 aromatic heterocycles. The topological polar surface area (TPSA) is 103 Å². The van der Waals surface area contributed by atoms with Crippen LogP contribution in [-0.2, 0) is 22.8 Å². The van der Waals surface area contributed by atoms with E-state index in [9.17, 15) is 4.21 Å². The number of anilines is 1. The Balaban J connectivity index is 1.90. The number of nitrogens with two attached hydrogens (primary N) is 1. The lowest BCUT2D eigenvalue weighted by Crippen LogP contribution is -2.29. The molecular weight excluding hydrogens is 376 g/mol. The minimum Gasteiger partial charge on any atom is -0.383 e. The summed E-state index contributed by atoms with van der Waals surface area (Å²) < 4.78 is 22.8. The van der Waals surface area contributed by atoms with E-state index in [2.05, 4.69) is 39.4 Å². The van der Waals surface area contributed by atoms with Gasteiger partial charge in [-0.3, -0.25) is 4.21 Å². The van der Waals surface area contributed by atoms with Crippen molar-refractivity contribution in [1.82, 2.24) is 24.0 Å². The highest BCUT2D eigenvalue weighted by Gasteiger charge is 2.38. The van der Waals surface area contributed by atoms with Gasteiger partial charge < -0.3 is 14.8 Å². The van der Waals surface area contributed by atoms with Gasteiger partial charge in [0.1, 0.15) is 29.2 Å². The number of hydrogen-bond donors (Lipinski definition) is 1. The van der Waals surface area contributed by atoms with Crippen molar-refractivity contribution in [2.45, 2.75) is 51.7 Å². The highest BCUT2D eigenvalue weighted by atomic mass is 32.2. The summed E-state index contributed by atoms with van der Waals surface area (Å²) in [6, 6.07) is 0.136. The normalized spacial score (nSPS) is 19.4. The zero-order valence-corrected chi connectivity index (χ0v) is 17.1. The lowest BCUT2D eigenvalue weighted by Gasteiger charge is -2.24. The van der Waals surface area contributed by atoms with E-state index in [1.54, 1.807) is 6.26 Å². The molecule has 0 spiro atoms. The smallest absolute Gasteiger partial charge is 0.146 e. The van der Waals surface area contributed by atoms with Gasteiger partial charge in [-0.05, 0) is 32.6 Å². The van der Waals surface area contributed by atoms with Crippen molar-refractivity contribution in [3.05, 3.63) is 23.3 Å². The molecule has 2 aliphatic rings. The van der Waals surface area contributed by atoms with Crippen LogP contribution < -0.4 is 5.73 Å². The van der Waals surface area contributed by atoms with Crippen LogP contribution >= 0.6 is 0 Å². The van der Waals surface area contributed by atoms with Gasteiger partial charge in [0.05, 0.1) is 11.9 Å². The predicted molar refractivity (Wildman–Crippen MR) is 110 cm³/mol. The Morgan fingerprint density at radius 2 is 2.07 bits per heavy atom. The quantitative estimate of drug-likeness (QED) is 0.678. The van der Waals surface area contributed by atoms with E-state index in [0.717, 1.165) is 52.2 Å². The Morgan fingerprint density at radius 1 is 1.32 bits per heavy atom. The Morgan fingerprint density at radius 3 is 2.71 bits per heavy atom. The summed E-state index contributed by atoms with van der Waals surface area (Å²) in [5.74, 6) is 5.66.